The van der Waals surface area contributed by atoms with Crippen molar-refractivity contribution in [3.8, 4) is 0 Å². The van der Waals surface area contributed by atoms with Crippen LogP contribution < -0.4 is 10.6 Å². The number of hydrogen-bond donors (Lipinski definition) is 2. The molecular weight excluding hydrogens is 322 g/mol. The molecule has 0 saturated heterocycles. The lowest BCUT2D eigenvalue weighted by Crippen LogP contribution is -2.34. The molecule has 98 valence electrons. The molecule has 0 heterocycles. The molecule has 18 heavy (non-hydrogen) atoms. The van der Waals surface area contributed by atoms with Crippen molar-refractivity contribution in [3.05, 3.63) is 27.2 Å². The van der Waals surface area contributed by atoms with Crippen LogP contribution in [-0.4, -0.2) is 17.8 Å². The Hall–Kier alpha value is -0.680. The molecule has 3 amide bonds. The third kappa shape index (κ3) is 4.53. The van der Waals surface area contributed by atoms with Crippen LogP contribution in [0.2, 0.25) is 15.1 Å². The molecule has 0 saturated carbocycles. The lowest BCUT2D eigenvalue weighted by Gasteiger charge is -2.10. The highest BCUT2D eigenvalue weighted by atomic mass is 35.5. The van der Waals surface area contributed by atoms with Crippen LogP contribution >= 0.6 is 46.4 Å². The highest BCUT2D eigenvalue weighted by molar-refractivity contribution is 6.42. The SMILES string of the molecule is O=C(CCCl)NC(=O)Nc1c(Cl)cc(Cl)cc1Cl. The van der Waals surface area contributed by atoms with Gasteiger partial charge < -0.3 is 5.32 Å². The quantitative estimate of drug-likeness (QED) is 0.825. The Labute approximate surface area is 124 Å². The number of carbonyl (C=O) groups is 2. The highest BCUT2D eigenvalue weighted by Gasteiger charge is 2.12. The predicted molar refractivity (Wildman–Crippen MR) is 74.0 cm³/mol. The van der Waals surface area contributed by atoms with Crippen molar-refractivity contribution in [1.29, 1.82) is 0 Å². The Morgan fingerprint density at radius 3 is 2.17 bits per heavy atom. The third-order valence-electron chi connectivity index (χ3n) is 1.82. The number of alkyl halides is 1. The van der Waals surface area contributed by atoms with Gasteiger partial charge in [-0.2, -0.15) is 0 Å². The van der Waals surface area contributed by atoms with Crippen LogP contribution in [0.1, 0.15) is 6.42 Å². The standard InChI is InChI=1S/C10H8Cl4N2O2/c11-2-1-8(17)15-10(18)16-9-6(13)3-5(12)4-7(9)14/h3-4H,1-2H2,(H2,15,16,17,18). The molecule has 0 aromatic heterocycles. The van der Waals surface area contributed by atoms with Crippen LogP contribution in [0.4, 0.5) is 10.5 Å². The Balaban J connectivity index is 2.73. The molecular formula is C10H8Cl4N2O2. The number of carbonyl (C=O) groups excluding carboxylic acids is 2. The van der Waals surface area contributed by atoms with Gasteiger partial charge in [0.1, 0.15) is 0 Å². The lowest BCUT2D eigenvalue weighted by molar-refractivity contribution is -0.119. The Bertz CT molecular complexity index is 456. The zero-order chi connectivity index (χ0) is 13.7. The van der Waals surface area contributed by atoms with Gasteiger partial charge in [-0.15, -0.1) is 11.6 Å². The van der Waals surface area contributed by atoms with Gasteiger partial charge in [-0.25, -0.2) is 4.79 Å². The van der Waals surface area contributed by atoms with E-state index in [1.165, 1.54) is 12.1 Å². The summed E-state index contributed by atoms with van der Waals surface area (Å²) < 4.78 is 0. The molecule has 1 rings (SSSR count). The number of rotatable bonds is 3. The van der Waals surface area contributed by atoms with E-state index in [4.69, 9.17) is 46.4 Å². The fourth-order valence-corrected chi connectivity index (χ4v) is 2.16. The van der Waals surface area contributed by atoms with E-state index in [1.807, 2.05) is 0 Å². The molecule has 1 aromatic rings. The molecule has 0 bridgehead atoms. The van der Waals surface area contributed by atoms with Gasteiger partial charge in [0, 0.05) is 17.3 Å². The van der Waals surface area contributed by atoms with Crippen LogP contribution in [-0.2, 0) is 4.79 Å². The largest absolute Gasteiger partial charge is 0.325 e. The van der Waals surface area contributed by atoms with Gasteiger partial charge in [0.2, 0.25) is 5.91 Å². The summed E-state index contributed by atoms with van der Waals surface area (Å²) >= 11 is 22.8. The number of amides is 3. The van der Waals surface area contributed by atoms with Crippen LogP contribution in [0.25, 0.3) is 0 Å². The van der Waals surface area contributed by atoms with Gasteiger partial charge in [0.25, 0.3) is 0 Å². The second kappa shape index (κ2) is 7.04. The summed E-state index contributed by atoms with van der Waals surface area (Å²) in [6, 6.07) is 2.10. The van der Waals surface area contributed by atoms with E-state index in [2.05, 4.69) is 10.6 Å². The van der Waals surface area contributed by atoms with E-state index < -0.39 is 11.9 Å². The van der Waals surface area contributed by atoms with Crippen molar-refractivity contribution in [2.45, 2.75) is 6.42 Å². The molecule has 0 aliphatic carbocycles. The molecule has 0 spiro atoms. The summed E-state index contributed by atoms with van der Waals surface area (Å²) in [6.45, 7) is 0. The smallest absolute Gasteiger partial charge is 0.305 e. The molecule has 4 nitrogen and oxygen atoms in total. The number of anilines is 1. The number of hydrogen-bond acceptors (Lipinski definition) is 2. The lowest BCUT2D eigenvalue weighted by atomic mass is 10.3. The van der Waals surface area contributed by atoms with Crippen molar-refractivity contribution in [1.82, 2.24) is 5.32 Å². The van der Waals surface area contributed by atoms with E-state index in [-0.39, 0.29) is 28.0 Å². The average Bonchev–Trinajstić information content (AvgIpc) is 2.23. The summed E-state index contributed by atoms with van der Waals surface area (Å²) in [5.41, 5.74) is 0.180. The Morgan fingerprint density at radius 1 is 1.11 bits per heavy atom. The minimum Gasteiger partial charge on any atom is -0.305 e. The van der Waals surface area contributed by atoms with Gasteiger partial charge in [0.15, 0.2) is 0 Å². The Morgan fingerprint density at radius 2 is 1.67 bits per heavy atom. The number of halogens is 4. The molecule has 0 fully saturated rings. The van der Waals surface area contributed by atoms with E-state index in [0.29, 0.717) is 5.02 Å². The summed E-state index contributed by atoms with van der Waals surface area (Å²) in [7, 11) is 0. The molecule has 0 aliphatic heterocycles. The van der Waals surface area contributed by atoms with Gasteiger partial charge >= 0.3 is 6.03 Å². The molecule has 1 aromatic carbocycles. The van der Waals surface area contributed by atoms with Crippen molar-refractivity contribution in [2.24, 2.45) is 0 Å². The van der Waals surface area contributed by atoms with Gasteiger partial charge in [-0.05, 0) is 12.1 Å². The van der Waals surface area contributed by atoms with E-state index >= 15 is 0 Å². The van der Waals surface area contributed by atoms with Crippen LogP contribution in [0.3, 0.4) is 0 Å². The number of benzene rings is 1. The maximum atomic E-state index is 11.5. The summed E-state index contributed by atoms with van der Waals surface area (Å²) in [5.74, 6) is -0.370. The van der Waals surface area contributed by atoms with Crippen LogP contribution in [0, 0.1) is 0 Å². The Kier molecular flexibility index (Phi) is 6.02. The third-order valence-corrected chi connectivity index (χ3v) is 2.82. The number of nitrogens with one attached hydrogen (secondary N) is 2. The van der Waals surface area contributed by atoms with Crippen molar-refractivity contribution >= 4 is 64.0 Å². The highest BCUT2D eigenvalue weighted by Crippen LogP contribution is 2.33. The van der Waals surface area contributed by atoms with Crippen LogP contribution in [0.15, 0.2) is 12.1 Å². The summed E-state index contributed by atoms with van der Waals surface area (Å²) in [4.78, 5) is 22.6. The zero-order valence-corrected chi connectivity index (χ0v) is 11.9. The predicted octanol–water partition coefficient (Wildman–Crippen LogP) is 3.92. The number of urea groups is 1. The minimum absolute atomic E-state index is 0.0387. The molecule has 8 heteroatoms. The first-order chi connectivity index (χ1) is 8.43. The topological polar surface area (TPSA) is 58.2 Å². The second-order valence-electron chi connectivity index (χ2n) is 3.19. The zero-order valence-electron chi connectivity index (χ0n) is 8.90. The van der Waals surface area contributed by atoms with E-state index in [9.17, 15) is 9.59 Å². The summed E-state index contributed by atoms with van der Waals surface area (Å²) in [6.07, 6.45) is 0.0387. The second-order valence-corrected chi connectivity index (χ2v) is 4.81. The number of imide groups is 1. The van der Waals surface area contributed by atoms with Crippen molar-refractivity contribution in [3.63, 3.8) is 0 Å². The maximum Gasteiger partial charge on any atom is 0.325 e. The fourth-order valence-electron chi connectivity index (χ4n) is 1.08. The molecule has 0 unspecified atom stereocenters. The van der Waals surface area contributed by atoms with E-state index in [1.54, 1.807) is 0 Å². The first-order valence-corrected chi connectivity index (χ1v) is 6.42. The molecule has 0 aliphatic rings. The fraction of sp³-hybridized carbons (Fsp3) is 0.200. The van der Waals surface area contributed by atoms with Crippen molar-refractivity contribution in [2.75, 3.05) is 11.2 Å². The van der Waals surface area contributed by atoms with Crippen molar-refractivity contribution < 1.29 is 9.59 Å². The summed E-state index contributed by atoms with van der Waals surface area (Å²) in [5, 5.41) is 5.12. The normalized spacial score (nSPS) is 10.0. The first-order valence-electron chi connectivity index (χ1n) is 4.75. The van der Waals surface area contributed by atoms with Crippen LogP contribution in [0.5, 0.6) is 0 Å². The van der Waals surface area contributed by atoms with E-state index in [0.717, 1.165) is 0 Å². The first kappa shape index (κ1) is 15.4. The van der Waals surface area contributed by atoms with Gasteiger partial charge in [-0.1, -0.05) is 34.8 Å². The molecule has 2 N–H and O–H groups in total. The average molecular weight is 330 g/mol. The van der Waals surface area contributed by atoms with Gasteiger partial charge in [0.05, 0.1) is 15.7 Å². The maximum absolute atomic E-state index is 11.5. The van der Waals surface area contributed by atoms with Gasteiger partial charge in [-0.3, -0.25) is 10.1 Å². The minimum atomic E-state index is -0.740. The molecule has 0 radical (unpaired) electrons. The monoisotopic (exact) mass is 328 g/mol. The molecule has 0 atom stereocenters.